The number of amides is 4. The maximum atomic E-state index is 13.8. The summed E-state index contributed by atoms with van der Waals surface area (Å²) in [7, 11) is 0. The first-order chi connectivity index (χ1) is 19.7. The topological polar surface area (TPSA) is 117 Å². The lowest BCUT2D eigenvalue weighted by Gasteiger charge is -2.41. The van der Waals surface area contributed by atoms with Gasteiger partial charge >= 0.3 is 0 Å². The van der Waals surface area contributed by atoms with Crippen molar-refractivity contribution in [1.82, 2.24) is 20.9 Å². The predicted octanol–water partition coefficient (Wildman–Crippen LogP) is 2.74. The van der Waals surface area contributed by atoms with Crippen molar-refractivity contribution in [3.05, 3.63) is 48.0 Å². The van der Waals surface area contributed by atoms with Gasteiger partial charge in [-0.2, -0.15) is 0 Å². The molecule has 1 aromatic rings. The first kappa shape index (κ1) is 30.8. The molecule has 4 atom stereocenters. The Kier molecular flexibility index (Phi) is 10.6. The van der Waals surface area contributed by atoms with Crippen molar-refractivity contribution in [1.29, 1.82) is 0 Å². The van der Waals surface area contributed by atoms with Gasteiger partial charge in [-0.3, -0.25) is 19.2 Å². The van der Waals surface area contributed by atoms with Crippen LogP contribution < -0.4 is 16.0 Å². The number of nitrogens with zero attached hydrogens (tertiary/aromatic N) is 1. The van der Waals surface area contributed by atoms with E-state index in [1.807, 2.05) is 49.1 Å². The third kappa shape index (κ3) is 8.18. The fourth-order valence-corrected chi connectivity index (χ4v) is 6.34. The van der Waals surface area contributed by atoms with Crippen LogP contribution in [0.15, 0.2) is 42.5 Å². The Hall–Kier alpha value is -3.20. The maximum Gasteiger partial charge on any atom is 0.245 e. The zero-order chi connectivity index (χ0) is 29.4. The summed E-state index contributed by atoms with van der Waals surface area (Å²) in [6, 6.07) is 8.35. The van der Waals surface area contributed by atoms with Crippen LogP contribution in [0.1, 0.15) is 64.9 Å². The summed E-state index contributed by atoms with van der Waals surface area (Å²) in [5, 5.41) is 9.22. The Morgan fingerprint density at radius 2 is 1.83 bits per heavy atom. The van der Waals surface area contributed by atoms with Crippen LogP contribution in [-0.4, -0.2) is 73.0 Å². The summed E-state index contributed by atoms with van der Waals surface area (Å²) in [4.78, 5) is 54.7. The molecule has 4 amide bonds. The van der Waals surface area contributed by atoms with E-state index in [4.69, 9.17) is 4.74 Å². The SMILES string of the molecule is CC(=O)N[C@H](CC(C)C)C(=O)N1CC[C@H]2NC(=O)[C@@H](Cc3ccccc3)NC(=O)C3(C/C=C/C[C@@H]2C1)CCOCC3. The van der Waals surface area contributed by atoms with E-state index in [1.54, 1.807) is 0 Å². The number of nitrogens with one attached hydrogen (secondary N) is 3. The first-order valence-corrected chi connectivity index (χ1v) is 15.1. The number of allylic oxidation sites excluding steroid dienone is 2. The van der Waals surface area contributed by atoms with Gasteiger partial charge in [0.05, 0.1) is 5.41 Å². The highest BCUT2D eigenvalue weighted by Gasteiger charge is 2.42. The number of hydrogen-bond acceptors (Lipinski definition) is 5. The number of ether oxygens (including phenoxy) is 1. The van der Waals surface area contributed by atoms with Gasteiger partial charge < -0.3 is 25.6 Å². The molecular formula is C32H46N4O5. The van der Waals surface area contributed by atoms with Crippen molar-refractivity contribution in [2.45, 2.75) is 83.8 Å². The Morgan fingerprint density at radius 1 is 1.10 bits per heavy atom. The minimum Gasteiger partial charge on any atom is -0.381 e. The standard InChI is InChI=1S/C32H46N4O5/c1-22(2)19-28(33-23(3)37)30(39)36-16-12-26-25(21-36)11-7-8-13-32(14-17-41-18-15-32)31(40)35-27(29(38)34-26)20-24-9-5-4-6-10-24/h4-10,22,25-28H,11-21H2,1-3H3,(H,33,37)(H,34,38)(H,35,40)/b8-7+/t25-,26-,27-,28-/m1/s1. The zero-order valence-electron chi connectivity index (χ0n) is 24.7. The van der Waals surface area contributed by atoms with E-state index in [1.165, 1.54) is 6.92 Å². The maximum absolute atomic E-state index is 13.8. The van der Waals surface area contributed by atoms with E-state index in [2.05, 4.69) is 28.1 Å². The van der Waals surface area contributed by atoms with Crippen molar-refractivity contribution in [2.75, 3.05) is 26.3 Å². The highest BCUT2D eigenvalue weighted by Crippen LogP contribution is 2.36. The van der Waals surface area contributed by atoms with Crippen LogP contribution in [0, 0.1) is 17.3 Å². The van der Waals surface area contributed by atoms with Gasteiger partial charge in [0.15, 0.2) is 0 Å². The molecule has 0 aliphatic carbocycles. The molecule has 9 nitrogen and oxygen atoms in total. The third-order valence-electron chi connectivity index (χ3n) is 8.71. The van der Waals surface area contributed by atoms with Gasteiger partial charge in [-0.05, 0) is 50.0 Å². The predicted molar refractivity (Wildman–Crippen MR) is 157 cm³/mol. The average molecular weight is 567 g/mol. The van der Waals surface area contributed by atoms with E-state index < -0.39 is 17.5 Å². The summed E-state index contributed by atoms with van der Waals surface area (Å²) in [6.45, 7) is 7.55. The van der Waals surface area contributed by atoms with Gasteiger partial charge in [0.2, 0.25) is 23.6 Å². The summed E-state index contributed by atoms with van der Waals surface area (Å²) in [6.07, 6.45) is 8.26. The number of carbonyl (C=O) groups excluding carboxylic acids is 4. The van der Waals surface area contributed by atoms with Crippen molar-refractivity contribution >= 4 is 23.6 Å². The van der Waals surface area contributed by atoms with Crippen molar-refractivity contribution in [3.63, 3.8) is 0 Å². The first-order valence-electron chi connectivity index (χ1n) is 15.1. The van der Waals surface area contributed by atoms with Gasteiger partial charge in [0.1, 0.15) is 12.1 Å². The molecule has 0 unspecified atom stereocenters. The number of piperidine rings is 1. The van der Waals surface area contributed by atoms with Crippen LogP contribution in [0.4, 0.5) is 0 Å². The number of hydrogen-bond donors (Lipinski definition) is 3. The molecule has 41 heavy (non-hydrogen) atoms. The lowest BCUT2D eigenvalue weighted by atomic mass is 9.75. The van der Waals surface area contributed by atoms with Gasteiger partial charge in [-0.25, -0.2) is 0 Å². The Balaban J connectivity index is 1.57. The molecule has 9 heteroatoms. The van der Waals surface area contributed by atoms with Crippen LogP contribution >= 0.6 is 0 Å². The molecule has 1 spiro atoms. The lowest BCUT2D eigenvalue weighted by molar-refractivity contribution is -0.141. The van der Waals surface area contributed by atoms with Crippen LogP contribution in [0.2, 0.25) is 0 Å². The van der Waals surface area contributed by atoms with E-state index in [0.717, 1.165) is 5.56 Å². The highest BCUT2D eigenvalue weighted by molar-refractivity contribution is 5.91. The number of benzene rings is 1. The molecule has 2 fully saturated rings. The van der Waals surface area contributed by atoms with Gasteiger partial charge in [-0.1, -0.05) is 56.3 Å². The molecule has 0 radical (unpaired) electrons. The van der Waals surface area contributed by atoms with E-state index >= 15 is 0 Å². The molecule has 1 aromatic carbocycles. The summed E-state index contributed by atoms with van der Waals surface area (Å²) < 4.78 is 5.59. The second-order valence-electron chi connectivity index (χ2n) is 12.4. The molecule has 3 heterocycles. The molecule has 2 saturated heterocycles. The summed E-state index contributed by atoms with van der Waals surface area (Å²) in [5.41, 5.74) is 0.367. The molecule has 0 aromatic heterocycles. The molecule has 224 valence electrons. The monoisotopic (exact) mass is 566 g/mol. The third-order valence-corrected chi connectivity index (χ3v) is 8.71. The Bertz CT molecular complexity index is 1100. The average Bonchev–Trinajstić information content (AvgIpc) is 2.95. The van der Waals surface area contributed by atoms with Crippen molar-refractivity contribution in [2.24, 2.45) is 17.3 Å². The molecule has 0 saturated carbocycles. The number of rotatable bonds is 6. The molecule has 3 aliphatic heterocycles. The Morgan fingerprint density at radius 3 is 2.51 bits per heavy atom. The highest BCUT2D eigenvalue weighted by atomic mass is 16.5. The second kappa shape index (κ2) is 14.1. The number of likely N-dealkylation sites (tertiary alicyclic amines) is 1. The van der Waals surface area contributed by atoms with Crippen LogP contribution in [0.3, 0.4) is 0 Å². The second-order valence-corrected chi connectivity index (χ2v) is 12.4. The molecule has 3 aliphatic rings. The molecule has 3 N–H and O–H groups in total. The zero-order valence-corrected chi connectivity index (χ0v) is 24.7. The summed E-state index contributed by atoms with van der Waals surface area (Å²) in [5.74, 6) is -0.292. The van der Waals surface area contributed by atoms with Gasteiger partial charge in [0.25, 0.3) is 0 Å². The quantitative estimate of drug-likeness (QED) is 0.458. The van der Waals surface area contributed by atoms with Crippen molar-refractivity contribution < 1.29 is 23.9 Å². The van der Waals surface area contributed by atoms with Crippen LogP contribution in [0.25, 0.3) is 0 Å². The van der Waals surface area contributed by atoms with Crippen molar-refractivity contribution in [3.8, 4) is 0 Å². The van der Waals surface area contributed by atoms with Crippen LogP contribution in [0.5, 0.6) is 0 Å². The molecule has 4 rings (SSSR count). The minimum atomic E-state index is -0.705. The number of fused-ring (bicyclic) bond motifs is 1. The smallest absolute Gasteiger partial charge is 0.245 e. The summed E-state index contributed by atoms with van der Waals surface area (Å²) >= 11 is 0. The van der Waals surface area contributed by atoms with Crippen LogP contribution in [-0.2, 0) is 30.3 Å². The van der Waals surface area contributed by atoms with Gasteiger partial charge in [0, 0.05) is 51.6 Å². The Labute approximate surface area is 243 Å². The van der Waals surface area contributed by atoms with Gasteiger partial charge in [-0.15, -0.1) is 0 Å². The van der Waals surface area contributed by atoms with E-state index in [-0.39, 0.29) is 41.5 Å². The minimum absolute atomic E-state index is 0.0167. The normalized spacial score (nSPS) is 26.5. The molecule has 0 bridgehead atoms. The fraction of sp³-hybridized carbons (Fsp3) is 0.625. The molecular weight excluding hydrogens is 520 g/mol. The lowest BCUT2D eigenvalue weighted by Crippen LogP contribution is -2.59. The van der Waals surface area contributed by atoms with E-state index in [9.17, 15) is 19.2 Å². The largest absolute Gasteiger partial charge is 0.381 e. The number of carbonyl (C=O) groups is 4. The fourth-order valence-electron chi connectivity index (χ4n) is 6.34. The van der Waals surface area contributed by atoms with E-state index in [0.29, 0.717) is 71.2 Å².